The van der Waals surface area contributed by atoms with E-state index in [1.54, 1.807) is 0 Å². The van der Waals surface area contributed by atoms with Gasteiger partial charge in [0.2, 0.25) is 6.79 Å². The predicted molar refractivity (Wildman–Crippen MR) is 79.1 cm³/mol. The Morgan fingerprint density at radius 2 is 1.89 bits per heavy atom. The highest BCUT2D eigenvalue weighted by Crippen LogP contribution is 2.37. The number of halogens is 1. The van der Waals surface area contributed by atoms with Crippen molar-refractivity contribution in [2.45, 2.75) is 18.2 Å². The van der Waals surface area contributed by atoms with Crippen molar-refractivity contribution in [2.24, 2.45) is 0 Å². The van der Waals surface area contributed by atoms with Crippen LogP contribution in [0.15, 0.2) is 42.5 Å². The summed E-state index contributed by atoms with van der Waals surface area (Å²) in [6, 6.07) is 14.6. The second-order valence-corrected chi connectivity index (χ2v) is 5.82. The van der Waals surface area contributed by atoms with Crippen molar-refractivity contribution in [3.8, 4) is 11.5 Å². The summed E-state index contributed by atoms with van der Waals surface area (Å²) in [5.41, 5.74) is 3.90. The molecule has 1 unspecified atom stereocenters. The average Bonchev–Trinajstić information content (AvgIpc) is 2.88. The number of alkyl halides is 1. The van der Waals surface area contributed by atoms with Gasteiger partial charge in [-0.05, 0) is 42.2 Å². The summed E-state index contributed by atoms with van der Waals surface area (Å²) in [7, 11) is 0. The van der Waals surface area contributed by atoms with E-state index in [1.165, 1.54) is 16.7 Å². The van der Waals surface area contributed by atoms with E-state index in [9.17, 15) is 0 Å². The molecule has 1 heterocycles. The van der Waals surface area contributed by atoms with E-state index in [1.807, 2.05) is 6.07 Å². The Bertz CT molecular complexity index is 595. The lowest BCUT2D eigenvalue weighted by Gasteiger charge is -2.12. The number of aryl methyl sites for hydroxylation is 1. The molecule has 0 saturated heterocycles. The first-order valence-electron chi connectivity index (χ1n) is 6.32. The van der Waals surface area contributed by atoms with Crippen LogP contribution in [0.25, 0.3) is 0 Å². The maximum atomic E-state index is 5.42. The van der Waals surface area contributed by atoms with E-state index in [4.69, 9.17) is 9.47 Å². The van der Waals surface area contributed by atoms with Gasteiger partial charge in [-0.3, -0.25) is 0 Å². The molecular formula is C16H15BrO2. The Hall–Kier alpha value is -1.48. The predicted octanol–water partition coefficient (Wildman–Crippen LogP) is 4.40. The third kappa shape index (κ3) is 2.61. The van der Waals surface area contributed by atoms with Gasteiger partial charge in [0.1, 0.15) is 0 Å². The lowest BCUT2D eigenvalue weighted by Crippen LogP contribution is -1.97. The summed E-state index contributed by atoms with van der Waals surface area (Å²) in [4.78, 5) is 0.281. The quantitative estimate of drug-likeness (QED) is 0.781. The smallest absolute Gasteiger partial charge is 0.231 e. The summed E-state index contributed by atoms with van der Waals surface area (Å²) in [6.45, 7) is 2.47. The number of hydrogen-bond donors (Lipinski definition) is 0. The maximum Gasteiger partial charge on any atom is 0.231 e. The first-order valence-corrected chi connectivity index (χ1v) is 7.24. The summed E-state index contributed by atoms with van der Waals surface area (Å²) < 4.78 is 10.8. The van der Waals surface area contributed by atoms with E-state index >= 15 is 0 Å². The minimum atomic E-state index is 0.281. The van der Waals surface area contributed by atoms with Gasteiger partial charge in [-0.2, -0.15) is 0 Å². The molecule has 3 rings (SSSR count). The molecule has 0 bridgehead atoms. The van der Waals surface area contributed by atoms with Gasteiger partial charge in [-0.25, -0.2) is 0 Å². The van der Waals surface area contributed by atoms with Crippen LogP contribution < -0.4 is 9.47 Å². The molecule has 0 saturated carbocycles. The molecule has 2 nitrogen and oxygen atoms in total. The van der Waals surface area contributed by atoms with Crippen LogP contribution in [0.2, 0.25) is 0 Å². The second kappa shape index (κ2) is 5.25. The average molecular weight is 319 g/mol. The highest BCUT2D eigenvalue weighted by Gasteiger charge is 2.17. The van der Waals surface area contributed by atoms with Gasteiger partial charge in [0.05, 0.1) is 0 Å². The van der Waals surface area contributed by atoms with Crippen molar-refractivity contribution >= 4 is 15.9 Å². The minimum Gasteiger partial charge on any atom is -0.454 e. The lowest BCUT2D eigenvalue weighted by atomic mass is 10.0. The molecule has 0 N–H and O–H groups in total. The Morgan fingerprint density at radius 3 is 2.74 bits per heavy atom. The van der Waals surface area contributed by atoms with Gasteiger partial charge in [-0.15, -0.1) is 0 Å². The maximum absolute atomic E-state index is 5.42. The van der Waals surface area contributed by atoms with Crippen molar-refractivity contribution in [2.75, 3.05) is 6.79 Å². The Labute approximate surface area is 121 Å². The van der Waals surface area contributed by atoms with Crippen LogP contribution in [0, 0.1) is 6.92 Å². The Morgan fingerprint density at radius 1 is 1.11 bits per heavy atom. The van der Waals surface area contributed by atoms with Crippen LogP contribution >= 0.6 is 15.9 Å². The lowest BCUT2D eigenvalue weighted by molar-refractivity contribution is 0.174. The first kappa shape index (κ1) is 12.5. The molecule has 0 radical (unpaired) electrons. The molecule has 0 fully saturated rings. The fourth-order valence-corrected chi connectivity index (χ4v) is 2.89. The molecule has 0 aliphatic carbocycles. The Balaban J connectivity index is 1.81. The second-order valence-electron chi connectivity index (χ2n) is 4.71. The molecule has 2 aromatic rings. The molecule has 0 spiro atoms. The zero-order chi connectivity index (χ0) is 13.2. The monoisotopic (exact) mass is 318 g/mol. The first-order chi connectivity index (χ1) is 9.24. The van der Waals surface area contributed by atoms with Crippen LogP contribution in [0.5, 0.6) is 11.5 Å². The fraction of sp³-hybridized carbons (Fsp3) is 0.250. The molecule has 1 atom stereocenters. The minimum absolute atomic E-state index is 0.281. The molecule has 1 aliphatic heterocycles. The molecule has 0 amide bonds. The van der Waals surface area contributed by atoms with Crippen molar-refractivity contribution in [1.82, 2.24) is 0 Å². The number of hydrogen-bond acceptors (Lipinski definition) is 2. The molecular weight excluding hydrogens is 304 g/mol. The van der Waals surface area contributed by atoms with Gasteiger partial charge in [0, 0.05) is 4.83 Å². The molecule has 19 heavy (non-hydrogen) atoms. The molecule has 0 aromatic heterocycles. The van der Waals surface area contributed by atoms with Gasteiger partial charge < -0.3 is 9.47 Å². The van der Waals surface area contributed by atoms with E-state index in [0.29, 0.717) is 6.79 Å². The Kier molecular flexibility index (Phi) is 3.47. The third-order valence-electron chi connectivity index (χ3n) is 3.42. The third-order valence-corrected chi connectivity index (χ3v) is 4.27. The van der Waals surface area contributed by atoms with Gasteiger partial charge in [0.15, 0.2) is 11.5 Å². The summed E-state index contributed by atoms with van der Waals surface area (Å²) in [5.74, 6) is 1.67. The SMILES string of the molecule is Cc1ccccc1CC(Br)c1ccc2c(c1)OCO2. The number of rotatable bonds is 3. The van der Waals surface area contributed by atoms with E-state index in [-0.39, 0.29) is 4.83 Å². The van der Waals surface area contributed by atoms with E-state index < -0.39 is 0 Å². The standard InChI is InChI=1S/C16H15BrO2/c1-11-4-2-3-5-12(11)8-14(17)13-6-7-15-16(9-13)19-10-18-15/h2-7,9,14H,8,10H2,1H3. The fourth-order valence-electron chi connectivity index (χ4n) is 2.26. The van der Waals surface area contributed by atoms with Crippen molar-refractivity contribution in [3.63, 3.8) is 0 Å². The van der Waals surface area contributed by atoms with Crippen LogP contribution in [0.4, 0.5) is 0 Å². The van der Waals surface area contributed by atoms with Crippen LogP contribution in [0.1, 0.15) is 21.5 Å². The number of ether oxygens (including phenoxy) is 2. The van der Waals surface area contributed by atoms with Crippen molar-refractivity contribution < 1.29 is 9.47 Å². The molecule has 98 valence electrons. The molecule has 2 aromatic carbocycles. The largest absolute Gasteiger partial charge is 0.454 e. The number of benzene rings is 2. The zero-order valence-corrected chi connectivity index (χ0v) is 12.3. The molecule has 3 heteroatoms. The van der Waals surface area contributed by atoms with Gasteiger partial charge in [-0.1, -0.05) is 46.3 Å². The highest BCUT2D eigenvalue weighted by atomic mass is 79.9. The summed E-state index contributed by atoms with van der Waals surface area (Å²) in [6.07, 6.45) is 0.965. The van der Waals surface area contributed by atoms with Crippen LogP contribution in [-0.4, -0.2) is 6.79 Å². The van der Waals surface area contributed by atoms with Gasteiger partial charge >= 0.3 is 0 Å². The van der Waals surface area contributed by atoms with E-state index in [0.717, 1.165) is 17.9 Å². The topological polar surface area (TPSA) is 18.5 Å². The summed E-state index contributed by atoms with van der Waals surface area (Å²) >= 11 is 3.77. The van der Waals surface area contributed by atoms with Crippen LogP contribution in [-0.2, 0) is 6.42 Å². The van der Waals surface area contributed by atoms with Crippen LogP contribution in [0.3, 0.4) is 0 Å². The van der Waals surface area contributed by atoms with E-state index in [2.05, 4.69) is 59.3 Å². The van der Waals surface area contributed by atoms with Crippen molar-refractivity contribution in [3.05, 3.63) is 59.2 Å². The zero-order valence-electron chi connectivity index (χ0n) is 10.7. The van der Waals surface area contributed by atoms with Gasteiger partial charge in [0.25, 0.3) is 0 Å². The highest BCUT2D eigenvalue weighted by molar-refractivity contribution is 9.09. The summed E-state index contributed by atoms with van der Waals surface area (Å²) in [5, 5.41) is 0. The van der Waals surface area contributed by atoms with Crippen molar-refractivity contribution in [1.29, 1.82) is 0 Å². The normalized spacial score (nSPS) is 14.4. The number of fused-ring (bicyclic) bond motifs is 1. The molecule has 1 aliphatic rings.